The molecular weight excluding hydrogens is 246 g/mol. The second-order valence-corrected chi connectivity index (χ2v) is 4.83. The van der Waals surface area contributed by atoms with Crippen molar-refractivity contribution in [1.82, 2.24) is 4.90 Å². The number of ether oxygens (including phenoxy) is 2. The zero-order valence-electron chi connectivity index (χ0n) is 11.7. The molecule has 0 saturated carbocycles. The van der Waals surface area contributed by atoms with Gasteiger partial charge in [0.1, 0.15) is 24.2 Å². The van der Waals surface area contributed by atoms with Gasteiger partial charge in [0, 0.05) is 7.11 Å². The Hall–Kier alpha value is -1.33. The molecule has 1 saturated heterocycles. The van der Waals surface area contributed by atoms with Crippen molar-refractivity contribution in [2.75, 3.05) is 20.8 Å². The molecule has 0 aromatic carbocycles. The predicted molar refractivity (Wildman–Crippen MR) is 69.6 cm³/mol. The standard InChI is InChI=1S/C14H21NO4/c1-10(14(16)18-3)15-8-4-5-12(15)13-7-6-11(19-13)9-17-2/h6-7,10,12H,4-5,8-9H2,1-3H3/t10-,12+/m1/s1. The third-order valence-electron chi connectivity index (χ3n) is 3.63. The summed E-state index contributed by atoms with van der Waals surface area (Å²) in [6.45, 7) is 3.24. The van der Waals surface area contributed by atoms with Crippen LogP contribution in [0.3, 0.4) is 0 Å². The number of methoxy groups -OCH3 is 2. The highest BCUT2D eigenvalue weighted by atomic mass is 16.5. The summed E-state index contributed by atoms with van der Waals surface area (Å²) in [6, 6.07) is 3.81. The van der Waals surface area contributed by atoms with E-state index in [1.807, 2.05) is 19.1 Å². The van der Waals surface area contributed by atoms with Crippen LogP contribution in [0.5, 0.6) is 0 Å². The summed E-state index contributed by atoms with van der Waals surface area (Å²) in [6.07, 6.45) is 2.06. The van der Waals surface area contributed by atoms with Crippen LogP contribution < -0.4 is 0 Å². The minimum atomic E-state index is -0.242. The molecule has 1 aliphatic rings. The van der Waals surface area contributed by atoms with Crippen molar-refractivity contribution >= 4 is 5.97 Å². The molecule has 2 atom stereocenters. The summed E-state index contributed by atoms with van der Waals surface area (Å²) in [5, 5.41) is 0. The fourth-order valence-corrected chi connectivity index (χ4v) is 2.66. The molecule has 0 aliphatic carbocycles. The molecule has 0 amide bonds. The average molecular weight is 267 g/mol. The third kappa shape index (κ3) is 2.98. The van der Waals surface area contributed by atoms with Crippen LogP contribution in [0.2, 0.25) is 0 Å². The van der Waals surface area contributed by atoms with Crippen molar-refractivity contribution in [3.05, 3.63) is 23.7 Å². The van der Waals surface area contributed by atoms with Crippen LogP contribution in [-0.2, 0) is 20.9 Å². The highest BCUT2D eigenvalue weighted by Crippen LogP contribution is 2.34. The fourth-order valence-electron chi connectivity index (χ4n) is 2.66. The predicted octanol–water partition coefficient (Wildman–Crippen LogP) is 2.12. The molecule has 0 radical (unpaired) electrons. The smallest absolute Gasteiger partial charge is 0.322 e. The van der Waals surface area contributed by atoms with E-state index in [4.69, 9.17) is 13.9 Å². The molecule has 2 rings (SSSR count). The van der Waals surface area contributed by atoms with Gasteiger partial charge in [0.2, 0.25) is 0 Å². The maximum absolute atomic E-state index is 11.7. The van der Waals surface area contributed by atoms with Crippen LogP contribution in [-0.4, -0.2) is 37.7 Å². The van der Waals surface area contributed by atoms with E-state index in [0.29, 0.717) is 6.61 Å². The lowest BCUT2D eigenvalue weighted by Crippen LogP contribution is -2.39. The van der Waals surface area contributed by atoms with E-state index in [9.17, 15) is 4.79 Å². The maximum atomic E-state index is 11.7. The lowest BCUT2D eigenvalue weighted by molar-refractivity contribution is -0.146. The first-order valence-corrected chi connectivity index (χ1v) is 6.58. The molecule has 19 heavy (non-hydrogen) atoms. The Balaban J connectivity index is 2.11. The van der Waals surface area contributed by atoms with Crippen LogP contribution in [0.4, 0.5) is 0 Å². The summed E-state index contributed by atoms with van der Waals surface area (Å²) >= 11 is 0. The molecule has 2 heterocycles. The van der Waals surface area contributed by atoms with E-state index in [0.717, 1.165) is 30.9 Å². The fraction of sp³-hybridized carbons (Fsp3) is 0.643. The van der Waals surface area contributed by atoms with E-state index in [-0.39, 0.29) is 18.1 Å². The lowest BCUT2D eigenvalue weighted by Gasteiger charge is -2.27. The third-order valence-corrected chi connectivity index (χ3v) is 3.63. The molecule has 0 unspecified atom stereocenters. The topological polar surface area (TPSA) is 51.9 Å². The van der Waals surface area contributed by atoms with Crippen LogP contribution in [0.15, 0.2) is 16.5 Å². The van der Waals surface area contributed by atoms with Gasteiger partial charge in [0.05, 0.1) is 13.2 Å². The van der Waals surface area contributed by atoms with Crippen LogP contribution in [0.25, 0.3) is 0 Å². The van der Waals surface area contributed by atoms with Gasteiger partial charge in [0.15, 0.2) is 0 Å². The van der Waals surface area contributed by atoms with Crippen LogP contribution in [0.1, 0.15) is 37.3 Å². The second-order valence-electron chi connectivity index (χ2n) is 4.83. The summed E-state index contributed by atoms with van der Waals surface area (Å²) < 4.78 is 15.7. The summed E-state index contributed by atoms with van der Waals surface area (Å²) in [7, 11) is 3.07. The Labute approximate surface area is 113 Å². The van der Waals surface area contributed by atoms with Crippen molar-refractivity contribution in [3.8, 4) is 0 Å². The Morgan fingerprint density at radius 1 is 1.53 bits per heavy atom. The molecule has 1 aliphatic heterocycles. The number of hydrogen-bond donors (Lipinski definition) is 0. The molecule has 5 heteroatoms. The Morgan fingerprint density at radius 3 is 3.00 bits per heavy atom. The van der Waals surface area contributed by atoms with Crippen LogP contribution in [0, 0.1) is 0 Å². The van der Waals surface area contributed by atoms with E-state index < -0.39 is 0 Å². The van der Waals surface area contributed by atoms with Gasteiger partial charge in [-0.2, -0.15) is 0 Å². The Kier molecular flexibility index (Phi) is 4.61. The van der Waals surface area contributed by atoms with Crippen molar-refractivity contribution in [2.24, 2.45) is 0 Å². The molecular formula is C14H21NO4. The number of rotatable bonds is 5. The normalized spacial score (nSPS) is 21.5. The van der Waals surface area contributed by atoms with Gasteiger partial charge in [-0.15, -0.1) is 0 Å². The maximum Gasteiger partial charge on any atom is 0.322 e. The van der Waals surface area contributed by atoms with Gasteiger partial charge < -0.3 is 13.9 Å². The molecule has 0 N–H and O–H groups in total. The van der Waals surface area contributed by atoms with Gasteiger partial charge in [-0.1, -0.05) is 0 Å². The molecule has 0 spiro atoms. The van der Waals surface area contributed by atoms with Gasteiger partial charge in [-0.05, 0) is 38.4 Å². The molecule has 0 bridgehead atoms. The molecule has 5 nitrogen and oxygen atoms in total. The van der Waals surface area contributed by atoms with E-state index in [1.54, 1.807) is 7.11 Å². The monoisotopic (exact) mass is 267 g/mol. The first-order valence-electron chi connectivity index (χ1n) is 6.58. The SMILES string of the molecule is COCc1ccc([C@@H]2CCCN2[C@H](C)C(=O)OC)o1. The molecule has 1 aromatic heterocycles. The quantitative estimate of drug-likeness (QED) is 0.765. The summed E-state index contributed by atoms with van der Waals surface area (Å²) in [5.74, 6) is 1.52. The number of carbonyl (C=O) groups excluding carboxylic acids is 1. The van der Waals surface area contributed by atoms with E-state index in [2.05, 4.69) is 4.90 Å². The second kappa shape index (κ2) is 6.21. The highest BCUT2D eigenvalue weighted by Gasteiger charge is 2.35. The zero-order chi connectivity index (χ0) is 13.8. The number of carbonyl (C=O) groups is 1. The highest BCUT2D eigenvalue weighted by molar-refractivity contribution is 5.75. The molecule has 1 aromatic rings. The number of esters is 1. The largest absolute Gasteiger partial charge is 0.468 e. The number of nitrogens with zero attached hydrogens (tertiary/aromatic N) is 1. The zero-order valence-corrected chi connectivity index (χ0v) is 11.7. The average Bonchev–Trinajstić information content (AvgIpc) is 3.05. The number of likely N-dealkylation sites (tertiary alicyclic amines) is 1. The number of hydrogen-bond acceptors (Lipinski definition) is 5. The minimum absolute atomic E-state index is 0.153. The molecule has 106 valence electrons. The minimum Gasteiger partial charge on any atom is -0.468 e. The first kappa shape index (κ1) is 14.1. The van der Waals surface area contributed by atoms with E-state index in [1.165, 1.54) is 7.11 Å². The van der Waals surface area contributed by atoms with Crippen molar-refractivity contribution in [1.29, 1.82) is 0 Å². The van der Waals surface area contributed by atoms with Gasteiger partial charge >= 0.3 is 5.97 Å². The van der Waals surface area contributed by atoms with Crippen LogP contribution >= 0.6 is 0 Å². The van der Waals surface area contributed by atoms with Crippen molar-refractivity contribution in [3.63, 3.8) is 0 Å². The molecule has 1 fully saturated rings. The Bertz CT molecular complexity index is 429. The number of furan rings is 1. The van der Waals surface area contributed by atoms with E-state index >= 15 is 0 Å². The Morgan fingerprint density at radius 2 is 2.32 bits per heavy atom. The first-order chi connectivity index (χ1) is 9.17. The summed E-state index contributed by atoms with van der Waals surface area (Å²) in [4.78, 5) is 13.8. The van der Waals surface area contributed by atoms with Crippen molar-refractivity contribution in [2.45, 2.75) is 38.5 Å². The lowest BCUT2D eigenvalue weighted by atomic mass is 10.1. The van der Waals surface area contributed by atoms with Gasteiger partial charge in [-0.25, -0.2) is 0 Å². The van der Waals surface area contributed by atoms with Crippen molar-refractivity contribution < 1.29 is 18.7 Å². The van der Waals surface area contributed by atoms with Gasteiger partial charge in [0.25, 0.3) is 0 Å². The summed E-state index contributed by atoms with van der Waals surface area (Å²) in [5.41, 5.74) is 0. The van der Waals surface area contributed by atoms with Gasteiger partial charge in [-0.3, -0.25) is 9.69 Å².